The van der Waals surface area contributed by atoms with Crippen molar-refractivity contribution in [2.75, 3.05) is 0 Å². The van der Waals surface area contributed by atoms with Gasteiger partial charge in [-0.25, -0.2) is 4.68 Å². The van der Waals surface area contributed by atoms with E-state index in [2.05, 4.69) is 10.4 Å². The number of aryl methyl sites for hydroxylation is 2. The maximum atomic E-state index is 13.0. The molecule has 2 aromatic heterocycles. The van der Waals surface area contributed by atoms with Crippen molar-refractivity contribution in [2.24, 2.45) is 0 Å². The van der Waals surface area contributed by atoms with Crippen molar-refractivity contribution in [3.63, 3.8) is 0 Å². The molecule has 0 bridgehead atoms. The second kappa shape index (κ2) is 7.99. The van der Waals surface area contributed by atoms with Gasteiger partial charge in [0.25, 0.3) is 5.56 Å². The standard InChI is InChI=1S/C24H24N4O2/c1-16-14-21(29)27(18(3)23(30)25-15-19-10-6-4-7-11-19)24-22(16)17(2)26-28(24)20-12-8-5-9-13-20/h4-14,18H,15H2,1-3H3,(H,25,30)/t18-/m0/s1. The van der Waals surface area contributed by atoms with Crippen LogP contribution in [0.3, 0.4) is 0 Å². The molecule has 0 aliphatic carbocycles. The fourth-order valence-corrected chi connectivity index (χ4v) is 3.80. The first-order valence-corrected chi connectivity index (χ1v) is 9.96. The van der Waals surface area contributed by atoms with Crippen LogP contribution in [-0.4, -0.2) is 20.3 Å². The molecule has 1 N–H and O–H groups in total. The zero-order chi connectivity index (χ0) is 21.3. The van der Waals surface area contributed by atoms with Crippen LogP contribution in [0.5, 0.6) is 0 Å². The first-order chi connectivity index (χ1) is 14.5. The molecule has 1 amide bonds. The maximum Gasteiger partial charge on any atom is 0.253 e. The third-order valence-electron chi connectivity index (χ3n) is 5.31. The molecule has 0 radical (unpaired) electrons. The summed E-state index contributed by atoms with van der Waals surface area (Å²) in [6.07, 6.45) is 0. The van der Waals surface area contributed by atoms with Gasteiger partial charge in [-0.05, 0) is 44.0 Å². The summed E-state index contributed by atoms with van der Waals surface area (Å²) in [6.45, 7) is 5.97. The van der Waals surface area contributed by atoms with Crippen molar-refractivity contribution in [3.05, 3.63) is 93.9 Å². The van der Waals surface area contributed by atoms with Crippen LogP contribution in [-0.2, 0) is 11.3 Å². The van der Waals surface area contributed by atoms with E-state index < -0.39 is 6.04 Å². The number of hydrogen-bond donors (Lipinski definition) is 1. The lowest BCUT2D eigenvalue weighted by atomic mass is 10.1. The van der Waals surface area contributed by atoms with Crippen LogP contribution in [0.2, 0.25) is 0 Å². The molecule has 0 spiro atoms. The fourth-order valence-electron chi connectivity index (χ4n) is 3.80. The molecule has 2 aromatic carbocycles. The molecule has 6 nitrogen and oxygen atoms in total. The number of rotatable bonds is 5. The van der Waals surface area contributed by atoms with Crippen molar-refractivity contribution in [1.82, 2.24) is 19.7 Å². The normalized spacial score (nSPS) is 12.1. The van der Waals surface area contributed by atoms with Gasteiger partial charge in [-0.3, -0.25) is 14.2 Å². The Morgan fingerprint density at radius 1 is 1.03 bits per heavy atom. The largest absolute Gasteiger partial charge is 0.350 e. The number of carbonyl (C=O) groups excluding carboxylic acids is 1. The molecular weight excluding hydrogens is 376 g/mol. The van der Waals surface area contributed by atoms with Crippen LogP contribution >= 0.6 is 0 Å². The first-order valence-electron chi connectivity index (χ1n) is 9.96. The summed E-state index contributed by atoms with van der Waals surface area (Å²) in [7, 11) is 0. The van der Waals surface area contributed by atoms with Crippen molar-refractivity contribution < 1.29 is 4.79 Å². The Kier molecular flexibility index (Phi) is 5.23. The van der Waals surface area contributed by atoms with E-state index in [4.69, 9.17) is 0 Å². The van der Waals surface area contributed by atoms with Crippen molar-refractivity contribution >= 4 is 16.9 Å². The molecular formula is C24H24N4O2. The van der Waals surface area contributed by atoms with Crippen LogP contribution in [0.4, 0.5) is 0 Å². The highest BCUT2D eigenvalue weighted by Crippen LogP contribution is 2.25. The molecule has 0 aliphatic heterocycles. The lowest BCUT2D eigenvalue weighted by Gasteiger charge is -2.18. The second-order valence-electron chi connectivity index (χ2n) is 7.45. The van der Waals surface area contributed by atoms with Crippen molar-refractivity contribution in [2.45, 2.75) is 33.4 Å². The third-order valence-corrected chi connectivity index (χ3v) is 5.31. The van der Waals surface area contributed by atoms with Crippen molar-refractivity contribution in [1.29, 1.82) is 0 Å². The van der Waals surface area contributed by atoms with E-state index in [9.17, 15) is 9.59 Å². The number of benzene rings is 2. The number of aromatic nitrogens is 3. The van der Waals surface area contributed by atoms with E-state index in [1.807, 2.05) is 74.5 Å². The summed E-state index contributed by atoms with van der Waals surface area (Å²) < 4.78 is 3.29. The molecule has 152 valence electrons. The number of amides is 1. The molecule has 0 aliphatic rings. The van der Waals surface area contributed by atoms with Crippen LogP contribution in [0.1, 0.15) is 29.8 Å². The van der Waals surface area contributed by atoms with Gasteiger partial charge in [-0.1, -0.05) is 48.5 Å². The zero-order valence-electron chi connectivity index (χ0n) is 17.3. The minimum atomic E-state index is -0.692. The average molecular weight is 400 g/mol. The van der Waals surface area contributed by atoms with E-state index in [1.54, 1.807) is 17.7 Å². The van der Waals surface area contributed by atoms with E-state index in [0.717, 1.165) is 27.9 Å². The topological polar surface area (TPSA) is 68.9 Å². The second-order valence-corrected chi connectivity index (χ2v) is 7.45. The predicted octanol–water partition coefficient (Wildman–Crippen LogP) is 3.68. The Labute approximate surface area is 174 Å². The van der Waals surface area contributed by atoms with Gasteiger partial charge < -0.3 is 5.32 Å². The van der Waals surface area contributed by atoms with Gasteiger partial charge in [0.15, 0.2) is 0 Å². The van der Waals surface area contributed by atoms with E-state index in [0.29, 0.717) is 12.2 Å². The lowest BCUT2D eigenvalue weighted by molar-refractivity contribution is -0.124. The van der Waals surface area contributed by atoms with Crippen LogP contribution in [0.25, 0.3) is 16.7 Å². The molecule has 0 saturated carbocycles. The lowest BCUT2D eigenvalue weighted by Crippen LogP contribution is -2.36. The monoisotopic (exact) mass is 400 g/mol. The minimum absolute atomic E-state index is 0.218. The van der Waals surface area contributed by atoms with E-state index >= 15 is 0 Å². The summed E-state index contributed by atoms with van der Waals surface area (Å²) in [5, 5.41) is 8.51. The smallest absolute Gasteiger partial charge is 0.253 e. The highest BCUT2D eigenvalue weighted by Gasteiger charge is 2.23. The van der Waals surface area contributed by atoms with Gasteiger partial charge in [-0.15, -0.1) is 0 Å². The summed E-state index contributed by atoms with van der Waals surface area (Å²) in [4.78, 5) is 26.0. The summed E-state index contributed by atoms with van der Waals surface area (Å²) in [5.41, 5.74) is 3.92. The number of hydrogen-bond acceptors (Lipinski definition) is 3. The fraction of sp³-hybridized carbons (Fsp3) is 0.208. The summed E-state index contributed by atoms with van der Waals surface area (Å²) >= 11 is 0. The van der Waals surface area contributed by atoms with Gasteiger partial charge in [0.1, 0.15) is 11.7 Å². The Morgan fingerprint density at radius 3 is 2.33 bits per heavy atom. The summed E-state index contributed by atoms with van der Waals surface area (Å²) in [5.74, 6) is -0.218. The molecule has 1 atom stereocenters. The molecule has 30 heavy (non-hydrogen) atoms. The minimum Gasteiger partial charge on any atom is -0.350 e. The summed E-state index contributed by atoms with van der Waals surface area (Å²) in [6, 6.07) is 20.2. The Hall–Kier alpha value is -3.67. The SMILES string of the molecule is Cc1cc(=O)n([C@@H](C)C(=O)NCc2ccccc2)c2c1c(C)nn2-c1ccccc1. The molecule has 0 unspecified atom stereocenters. The van der Waals surface area contributed by atoms with E-state index in [-0.39, 0.29) is 11.5 Å². The molecule has 6 heteroatoms. The van der Waals surface area contributed by atoms with Gasteiger partial charge in [0.2, 0.25) is 5.91 Å². The van der Waals surface area contributed by atoms with Gasteiger partial charge in [0, 0.05) is 18.0 Å². The molecule has 4 rings (SSSR count). The first kappa shape index (κ1) is 19.6. The maximum absolute atomic E-state index is 13.0. The van der Waals surface area contributed by atoms with Gasteiger partial charge in [-0.2, -0.15) is 5.10 Å². The predicted molar refractivity (Wildman–Crippen MR) is 118 cm³/mol. The van der Waals surface area contributed by atoms with Crippen LogP contribution in [0, 0.1) is 13.8 Å². The van der Waals surface area contributed by atoms with Crippen LogP contribution in [0.15, 0.2) is 71.5 Å². The van der Waals surface area contributed by atoms with E-state index in [1.165, 1.54) is 4.57 Å². The van der Waals surface area contributed by atoms with Gasteiger partial charge in [0.05, 0.1) is 11.4 Å². The number of nitrogens with one attached hydrogen (secondary N) is 1. The average Bonchev–Trinajstić information content (AvgIpc) is 3.10. The highest BCUT2D eigenvalue weighted by atomic mass is 16.2. The number of fused-ring (bicyclic) bond motifs is 1. The molecule has 0 saturated heterocycles. The van der Waals surface area contributed by atoms with Crippen LogP contribution < -0.4 is 10.9 Å². The number of pyridine rings is 1. The highest BCUT2D eigenvalue weighted by molar-refractivity contribution is 5.87. The van der Waals surface area contributed by atoms with Crippen molar-refractivity contribution in [3.8, 4) is 5.69 Å². The quantitative estimate of drug-likeness (QED) is 0.556. The Bertz CT molecular complexity index is 1260. The molecule has 2 heterocycles. The number of para-hydroxylation sites is 1. The Morgan fingerprint density at radius 2 is 1.67 bits per heavy atom. The van der Waals surface area contributed by atoms with Gasteiger partial charge >= 0.3 is 0 Å². The third kappa shape index (κ3) is 3.52. The number of nitrogens with zero attached hydrogens (tertiary/aromatic N) is 3. The number of carbonyl (C=O) groups is 1. The molecule has 0 fully saturated rings. The molecule has 4 aromatic rings. The Balaban J connectivity index is 1.80. The zero-order valence-corrected chi connectivity index (χ0v) is 17.3.